The summed E-state index contributed by atoms with van der Waals surface area (Å²) in [7, 11) is -3.89. The van der Waals surface area contributed by atoms with Gasteiger partial charge in [-0.05, 0) is 30.3 Å². The van der Waals surface area contributed by atoms with E-state index in [9.17, 15) is 22.8 Å². The van der Waals surface area contributed by atoms with E-state index in [-0.39, 0.29) is 53.3 Å². The number of fused-ring (bicyclic) bond motifs is 1. The molecular formula is C22H19ClN2O8S. The zero-order chi connectivity index (χ0) is 24.3. The van der Waals surface area contributed by atoms with E-state index in [1.165, 1.54) is 28.6 Å². The topological polar surface area (TPSA) is 132 Å². The fraction of sp³-hybridized carbons (Fsp3) is 0.227. The van der Waals surface area contributed by atoms with E-state index in [2.05, 4.69) is 5.32 Å². The third-order valence-corrected chi connectivity index (χ3v) is 7.35. The van der Waals surface area contributed by atoms with Gasteiger partial charge >= 0.3 is 5.97 Å². The maximum absolute atomic E-state index is 12.9. The lowest BCUT2D eigenvalue weighted by Gasteiger charge is -2.26. The number of carbonyl (C=O) groups excluding carboxylic acids is 2. The van der Waals surface area contributed by atoms with Crippen LogP contribution in [-0.4, -0.2) is 57.5 Å². The van der Waals surface area contributed by atoms with E-state index in [1.807, 2.05) is 0 Å². The first-order valence-corrected chi connectivity index (χ1v) is 11.9. The summed E-state index contributed by atoms with van der Waals surface area (Å²) in [5, 5.41) is 2.77. The number of hydrogen-bond donors (Lipinski definition) is 1. The Kier molecular flexibility index (Phi) is 6.98. The molecule has 1 aliphatic heterocycles. The van der Waals surface area contributed by atoms with Gasteiger partial charge in [-0.2, -0.15) is 4.31 Å². The Balaban J connectivity index is 1.43. The predicted octanol–water partition coefficient (Wildman–Crippen LogP) is 2.26. The minimum Gasteiger partial charge on any atom is -0.450 e. The maximum atomic E-state index is 12.9. The zero-order valence-corrected chi connectivity index (χ0v) is 19.2. The Morgan fingerprint density at radius 2 is 1.82 bits per heavy atom. The van der Waals surface area contributed by atoms with Crippen molar-refractivity contribution >= 4 is 50.2 Å². The molecule has 10 nitrogen and oxygen atoms in total. The third kappa shape index (κ3) is 5.12. The quantitative estimate of drug-likeness (QED) is 0.503. The summed E-state index contributed by atoms with van der Waals surface area (Å²) >= 11 is 6.11. The molecule has 1 saturated heterocycles. The number of nitrogens with zero attached hydrogens (tertiary/aromatic N) is 1. The number of hydrogen-bond acceptors (Lipinski definition) is 8. The fourth-order valence-corrected chi connectivity index (χ4v) is 5.22. The first-order chi connectivity index (χ1) is 16.3. The van der Waals surface area contributed by atoms with Crippen LogP contribution >= 0.6 is 11.6 Å². The van der Waals surface area contributed by atoms with Crippen LogP contribution in [0, 0.1) is 0 Å². The molecule has 1 N–H and O–H groups in total. The van der Waals surface area contributed by atoms with Gasteiger partial charge in [0, 0.05) is 24.8 Å². The molecule has 3 aromatic rings. The largest absolute Gasteiger partial charge is 0.450 e. The second-order valence-electron chi connectivity index (χ2n) is 7.26. The lowest BCUT2D eigenvalue weighted by Crippen LogP contribution is -2.40. The van der Waals surface area contributed by atoms with E-state index in [1.54, 1.807) is 18.2 Å². The van der Waals surface area contributed by atoms with Crippen LogP contribution in [0.5, 0.6) is 0 Å². The predicted molar refractivity (Wildman–Crippen MR) is 122 cm³/mol. The molecule has 0 saturated carbocycles. The zero-order valence-electron chi connectivity index (χ0n) is 17.7. The van der Waals surface area contributed by atoms with Gasteiger partial charge in [-0.1, -0.05) is 23.7 Å². The number of carbonyl (C=O) groups is 2. The first-order valence-electron chi connectivity index (χ1n) is 10.1. The van der Waals surface area contributed by atoms with Gasteiger partial charge in [0.05, 0.1) is 23.6 Å². The number of anilines is 1. The molecule has 2 heterocycles. The van der Waals surface area contributed by atoms with Gasteiger partial charge in [0.15, 0.2) is 12.0 Å². The molecule has 0 atom stereocenters. The van der Waals surface area contributed by atoms with E-state index < -0.39 is 33.9 Å². The highest BCUT2D eigenvalue weighted by Crippen LogP contribution is 2.28. The molecule has 0 unspecified atom stereocenters. The van der Waals surface area contributed by atoms with Gasteiger partial charge in [0.2, 0.25) is 15.8 Å². The minimum absolute atomic E-state index is 0.00208. The molecule has 1 aromatic heterocycles. The van der Waals surface area contributed by atoms with E-state index >= 15 is 0 Å². The highest BCUT2D eigenvalue weighted by molar-refractivity contribution is 7.89. The summed E-state index contributed by atoms with van der Waals surface area (Å²) in [5.74, 6) is -2.07. The van der Waals surface area contributed by atoms with Gasteiger partial charge in [0.25, 0.3) is 5.91 Å². The molecule has 178 valence electrons. The Labute approximate surface area is 199 Å². The maximum Gasteiger partial charge on any atom is 0.374 e. The highest BCUT2D eigenvalue weighted by atomic mass is 35.5. The number of nitrogens with one attached hydrogen (secondary N) is 1. The molecular weight excluding hydrogens is 488 g/mol. The van der Waals surface area contributed by atoms with Crippen molar-refractivity contribution in [2.45, 2.75) is 4.90 Å². The monoisotopic (exact) mass is 506 g/mol. The number of esters is 1. The number of morpholine rings is 1. The van der Waals surface area contributed by atoms with Gasteiger partial charge in [-0.25, -0.2) is 13.2 Å². The lowest BCUT2D eigenvalue weighted by molar-refractivity contribution is -0.119. The second-order valence-corrected chi connectivity index (χ2v) is 9.57. The van der Waals surface area contributed by atoms with Crippen molar-refractivity contribution in [2.75, 3.05) is 38.2 Å². The molecule has 1 aliphatic rings. The molecule has 34 heavy (non-hydrogen) atoms. The van der Waals surface area contributed by atoms with Gasteiger partial charge < -0.3 is 19.2 Å². The average Bonchev–Trinajstić information content (AvgIpc) is 2.84. The van der Waals surface area contributed by atoms with Crippen molar-refractivity contribution in [2.24, 2.45) is 0 Å². The lowest BCUT2D eigenvalue weighted by atomic mass is 10.2. The molecule has 0 aliphatic carbocycles. The second kappa shape index (κ2) is 9.94. The van der Waals surface area contributed by atoms with Crippen molar-refractivity contribution < 1.29 is 31.9 Å². The number of amides is 1. The molecule has 2 aromatic carbocycles. The van der Waals surface area contributed by atoms with Crippen LogP contribution in [0.3, 0.4) is 0 Å². The summed E-state index contributed by atoms with van der Waals surface area (Å²) in [6.45, 7) is 0.238. The van der Waals surface area contributed by atoms with Crippen LogP contribution in [0.15, 0.2) is 62.6 Å². The normalized spacial score (nSPS) is 14.6. The van der Waals surface area contributed by atoms with Crippen LogP contribution in [0.1, 0.15) is 10.6 Å². The summed E-state index contributed by atoms with van der Waals surface area (Å²) in [6, 6.07) is 11.4. The SMILES string of the molecule is O=C(COC(=O)c1cc(=O)c2ccccc2o1)Nc1ccc(Cl)c(S(=O)(=O)N2CCOCC2)c1. The summed E-state index contributed by atoms with van der Waals surface area (Å²) in [6.07, 6.45) is 0. The third-order valence-electron chi connectivity index (χ3n) is 4.97. The van der Waals surface area contributed by atoms with Gasteiger partial charge in [0.1, 0.15) is 10.5 Å². The summed E-state index contributed by atoms with van der Waals surface area (Å²) in [5.41, 5.74) is -0.0653. The van der Waals surface area contributed by atoms with Gasteiger partial charge in [-0.3, -0.25) is 9.59 Å². The Bertz CT molecular complexity index is 1410. The van der Waals surface area contributed by atoms with Gasteiger partial charge in [-0.15, -0.1) is 0 Å². The fourth-order valence-electron chi connectivity index (χ4n) is 3.31. The Morgan fingerprint density at radius 1 is 1.09 bits per heavy atom. The van der Waals surface area contributed by atoms with Crippen LogP contribution in [-0.2, 0) is 24.3 Å². The number of para-hydroxylation sites is 1. The molecule has 0 bridgehead atoms. The summed E-state index contributed by atoms with van der Waals surface area (Å²) < 4.78 is 42.6. The van der Waals surface area contributed by atoms with E-state index in [0.29, 0.717) is 5.39 Å². The van der Waals surface area contributed by atoms with Crippen molar-refractivity contribution in [3.05, 3.63) is 69.5 Å². The minimum atomic E-state index is -3.89. The van der Waals surface area contributed by atoms with Crippen molar-refractivity contribution in [1.82, 2.24) is 4.31 Å². The van der Waals surface area contributed by atoms with E-state index in [4.69, 9.17) is 25.5 Å². The average molecular weight is 507 g/mol. The number of sulfonamides is 1. The molecule has 0 radical (unpaired) electrons. The van der Waals surface area contributed by atoms with Crippen molar-refractivity contribution in [1.29, 1.82) is 0 Å². The van der Waals surface area contributed by atoms with Crippen LogP contribution in [0.4, 0.5) is 5.69 Å². The number of halogens is 1. The Hall–Kier alpha value is -3.25. The number of benzene rings is 2. The standard InChI is InChI=1S/C22H19ClN2O8S/c23-16-6-5-14(11-20(16)34(29,30)25-7-9-31-10-8-25)24-21(27)13-32-22(28)19-12-17(26)15-3-1-2-4-18(15)33-19/h1-6,11-12H,7-10,13H2,(H,24,27). The van der Waals surface area contributed by atoms with E-state index in [0.717, 1.165) is 6.07 Å². The molecule has 1 fully saturated rings. The van der Waals surface area contributed by atoms with Crippen molar-refractivity contribution in [3.63, 3.8) is 0 Å². The van der Waals surface area contributed by atoms with Crippen LogP contribution in [0.25, 0.3) is 11.0 Å². The number of ether oxygens (including phenoxy) is 2. The molecule has 1 amide bonds. The smallest absolute Gasteiger partial charge is 0.374 e. The highest BCUT2D eigenvalue weighted by Gasteiger charge is 2.28. The molecule has 12 heteroatoms. The van der Waals surface area contributed by atoms with Crippen LogP contribution in [0.2, 0.25) is 5.02 Å². The van der Waals surface area contributed by atoms with Crippen LogP contribution < -0.4 is 10.7 Å². The van der Waals surface area contributed by atoms with Crippen molar-refractivity contribution in [3.8, 4) is 0 Å². The first kappa shape index (κ1) is 23.9. The number of rotatable bonds is 6. The molecule has 4 rings (SSSR count). The molecule has 0 spiro atoms. The Morgan fingerprint density at radius 3 is 2.59 bits per heavy atom. The summed E-state index contributed by atoms with van der Waals surface area (Å²) in [4.78, 5) is 36.5.